The van der Waals surface area contributed by atoms with Gasteiger partial charge in [-0.15, -0.1) is 0 Å². The number of fused-ring (bicyclic) bond motifs is 1. The first kappa shape index (κ1) is 18.9. The minimum absolute atomic E-state index is 0.232. The van der Waals surface area contributed by atoms with Crippen LogP contribution in [0, 0.1) is 0 Å². The van der Waals surface area contributed by atoms with Gasteiger partial charge >= 0.3 is 6.03 Å². The van der Waals surface area contributed by atoms with Crippen molar-refractivity contribution in [2.24, 2.45) is 0 Å². The van der Waals surface area contributed by atoms with E-state index in [1.54, 1.807) is 31.2 Å². The second-order valence-corrected chi connectivity index (χ2v) is 7.24. The fraction of sp³-hybridized carbons (Fsp3) is 0.188. The lowest BCUT2D eigenvalue weighted by Crippen LogP contribution is -2.41. The Bertz CT molecular complexity index is 1080. The van der Waals surface area contributed by atoms with Gasteiger partial charge in [-0.3, -0.25) is 14.9 Å². The number of nitrogens with zero attached hydrogens (tertiary/aromatic N) is 3. The summed E-state index contributed by atoms with van der Waals surface area (Å²) in [5.74, 6) is -0.509. The molecule has 0 saturated carbocycles. The van der Waals surface area contributed by atoms with Gasteiger partial charge in [0.1, 0.15) is 5.39 Å². The number of aromatic nitrogens is 4. The second-order valence-electron chi connectivity index (χ2n) is 5.47. The zero-order valence-corrected chi connectivity index (χ0v) is 15.9. The van der Waals surface area contributed by atoms with Gasteiger partial charge in [-0.05, 0) is 25.1 Å². The Morgan fingerprint density at radius 1 is 1.37 bits per heavy atom. The molecule has 0 fully saturated rings. The van der Waals surface area contributed by atoms with Gasteiger partial charge in [0, 0.05) is 12.1 Å². The quantitative estimate of drug-likeness (QED) is 0.447. The number of H-pyrrole nitrogens is 1. The highest BCUT2D eigenvalue weighted by molar-refractivity contribution is 8.00. The summed E-state index contributed by atoms with van der Waals surface area (Å²) in [7, 11) is 1.41. The molecule has 11 heteroatoms. The molecule has 0 spiro atoms. The average molecular weight is 407 g/mol. The van der Waals surface area contributed by atoms with Crippen molar-refractivity contribution in [2.45, 2.75) is 17.3 Å². The van der Waals surface area contributed by atoms with Crippen LogP contribution in [0.1, 0.15) is 6.92 Å². The molecular weight excluding hydrogens is 392 g/mol. The molecule has 3 rings (SSSR count). The van der Waals surface area contributed by atoms with Gasteiger partial charge in [0.05, 0.1) is 17.1 Å². The lowest BCUT2D eigenvalue weighted by atomic mass is 10.3. The van der Waals surface area contributed by atoms with E-state index in [-0.39, 0.29) is 10.7 Å². The van der Waals surface area contributed by atoms with Gasteiger partial charge in [0.25, 0.3) is 5.56 Å². The van der Waals surface area contributed by atoms with Crippen molar-refractivity contribution in [3.63, 3.8) is 0 Å². The lowest BCUT2D eigenvalue weighted by Gasteiger charge is -2.10. The van der Waals surface area contributed by atoms with Gasteiger partial charge in [-0.1, -0.05) is 29.4 Å². The number of nitrogens with one attached hydrogen (secondary N) is 3. The molecule has 3 amide bonds. The molecule has 2 heterocycles. The molecule has 1 atom stereocenters. The number of aromatic amines is 1. The number of amides is 3. The molecule has 0 bridgehead atoms. The third kappa shape index (κ3) is 4.12. The first-order valence-corrected chi connectivity index (χ1v) is 9.08. The van der Waals surface area contributed by atoms with E-state index < -0.39 is 17.2 Å². The SMILES string of the molecule is CNC(=O)NC(=O)[C@@H](C)Sc1nc2c(cnn2-c2cccc(Cl)c2)c(=O)[nH]1. The number of hydrogen-bond donors (Lipinski definition) is 3. The van der Waals surface area contributed by atoms with Crippen LogP contribution in [0.25, 0.3) is 16.7 Å². The number of carbonyl (C=O) groups is 2. The van der Waals surface area contributed by atoms with E-state index in [1.165, 1.54) is 17.9 Å². The molecule has 27 heavy (non-hydrogen) atoms. The first-order valence-electron chi connectivity index (χ1n) is 7.82. The summed E-state index contributed by atoms with van der Waals surface area (Å²) in [6.45, 7) is 1.60. The number of hydrogen-bond acceptors (Lipinski definition) is 6. The fourth-order valence-corrected chi connectivity index (χ4v) is 3.22. The van der Waals surface area contributed by atoms with Crippen LogP contribution in [0.3, 0.4) is 0 Å². The summed E-state index contributed by atoms with van der Waals surface area (Å²) in [5, 5.41) is 9.09. The average Bonchev–Trinajstić information content (AvgIpc) is 3.06. The topological polar surface area (TPSA) is 122 Å². The summed E-state index contributed by atoms with van der Waals surface area (Å²) in [6, 6.07) is 6.36. The normalized spacial score (nSPS) is 12.0. The third-order valence-electron chi connectivity index (χ3n) is 3.59. The maximum atomic E-state index is 12.3. The van der Waals surface area contributed by atoms with Crippen molar-refractivity contribution in [2.75, 3.05) is 7.05 Å². The highest BCUT2D eigenvalue weighted by atomic mass is 35.5. The molecule has 0 aliphatic rings. The predicted molar refractivity (Wildman–Crippen MR) is 102 cm³/mol. The highest BCUT2D eigenvalue weighted by Gasteiger charge is 2.19. The van der Waals surface area contributed by atoms with Gasteiger partial charge in [-0.2, -0.15) is 5.10 Å². The second kappa shape index (κ2) is 7.80. The number of benzene rings is 1. The van der Waals surface area contributed by atoms with E-state index in [1.807, 2.05) is 0 Å². The van der Waals surface area contributed by atoms with Gasteiger partial charge in [-0.25, -0.2) is 14.5 Å². The minimum atomic E-state index is -0.662. The van der Waals surface area contributed by atoms with Crippen LogP contribution in [0.5, 0.6) is 0 Å². The monoisotopic (exact) mass is 406 g/mol. The smallest absolute Gasteiger partial charge is 0.321 e. The van der Waals surface area contributed by atoms with Crippen molar-refractivity contribution < 1.29 is 9.59 Å². The minimum Gasteiger partial charge on any atom is -0.341 e. The number of carbonyl (C=O) groups excluding carboxylic acids is 2. The van der Waals surface area contributed by atoms with Gasteiger partial charge in [0.15, 0.2) is 10.8 Å². The van der Waals surface area contributed by atoms with Crippen LogP contribution in [-0.2, 0) is 4.79 Å². The summed E-state index contributed by atoms with van der Waals surface area (Å²) in [5.41, 5.74) is 0.606. The Hall–Kier alpha value is -2.85. The molecular formula is C16H15ClN6O3S. The summed E-state index contributed by atoms with van der Waals surface area (Å²) < 4.78 is 1.50. The van der Waals surface area contributed by atoms with E-state index in [4.69, 9.17) is 11.6 Å². The molecule has 0 aliphatic heterocycles. The van der Waals surface area contributed by atoms with Crippen LogP contribution < -0.4 is 16.2 Å². The number of urea groups is 1. The number of imide groups is 1. The van der Waals surface area contributed by atoms with Crippen LogP contribution in [0.4, 0.5) is 4.79 Å². The standard InChI is InChI=1S/C16H15ClN6O3S/c1-8(13(24)21-15(26)18-2)27-16-20-12-11(14(25)22-16)7-19-23(12)10-5-3-4-9(17)6-10/h3-8H,1-2H3,(H,20,22,25)(H2,18,21,24,26)/t8-/m1/s1. The number of rotatable bonds is 4. The van der Waals surface area contributed by atoms with Crippen molar-refractivity contribution >= 4 is 46.3 Å². The molecule has 0 radical (unpaired) electrons. The maximum Gasteiger partial charge on any atom is 0.321 e. The zero-order valence-electron chi connectivity index (χ0n) is 14.3. The van der Waals surface area contributed by atoms with Crippen LogP contribution in [-0.4, -0.2) is 44.0 Å². The molecule has 9 nitrogen and oxygen atoms in total. The first-order chi connectivity index (χ1) is 12.9. The molecule has 3 N–H and O–H groups in total. The van der Waals surface area contributed by atoms with Crippen molar-refractivity contribution in [3.8, 4) is 5.69 Å². The highest BCUT2D eigenvalue weighted by Crippen LogP contribution is 2.22. The van der Waals surface area contributed by atoms with Gasteiger partial charge in [0.2, 0.25) is 5.91 Å². The van der Waals surface area contributed by atoms with E-state index in [0.717, 1.165) is 11.8 Å². The number of halogens is 1. The van der Waals surface area contributed by atoms with Gasteiger partial charge < -0.3 is 10.3 Å². The molecule has 0 saturated heterocycles. The fourth-order valence-electron chi connectivity index (χ4n) is 2.25. The van der Waals surface area contributed by atoms with Crippen LogP contribution in [0.15, 0.2) is 40.4 Å². The Labute approximate surface area is 162 Å². The predicted octanol–water partition coefficient (Wildman–Crippen LogP) is 1.70. The van der Waals surface area contributed by atoms with Crippen molar-refractivity contribution in [1.29, 1.82) is 0 Å². The van der Waals surface area contributed by atoms with Crippen LogP contribution in [0.2, 0.25) is 5.02 Å². The third-order valence-corrected chi connectivity index (χ3v) is 4.81. The van der Waals surface area contributed by atoms with Crippen molar-refractivity contribution in [1.82, 2.24) is 30.4 Å². The molecule has 2 aromatic heterocycles. The van der Waals surface area contributed by atoms with Crippen molar-refractivity contribution in [3.05, 3.63) is 45.8 Å². The lowest BCUT2D eigenvalue weighted by molar-refractivity contribution is -0.119. The van der Waals surface area contributed by atoms with E-state index in [0.29, 0.717) is 21.7 Å². The zero-order chi connectivity index (χ0) is 19.6. The molecule has 0 aliphatic carbocycles. The summed E-state index contributed by atoms with van der Waals surface area (Å²) in [4.78, 5) is 42.6. The molecule has 140 valence electrons. The Kier molecular flexibility index (Phi) is 5.47. The Morgan fingerprint density at radius 3 is 2.85 bits per heavy atom. The molecule has 1 aromatic carbocycles. The van der Waals surface area contributed by atoms with E-state index in [2.05, 4.69) is 25.7 Å². The number of thioether (sulfide) groups is 1. The maximum absolute atomic E-state index is 12.3. The Balaban J connectivity index is 1.94. The largest absolute Gasteiger partial charge is 0.341 e. The Morgan fingerprint density at radius 2 is 2.15 bits per heavy atom. The van der Waals surface area contributed by atoms with Crippen LogP contribution >= 0.6 is 23.4 Å². The van der Waals surface area contributed by atoms with E-state index >= 15 is 0 Å². The summed E-state index contributed by atoms with van der Waals surface area (Å²) >= 11 is 7.04. The molecule has 3 aromatic rings. The summed E-state index contributed by atoms with van der Waals surface area (Å²) in [6.07, 6.45) is 1.41. The van der Waals surface area contributed by atoms with E-state index in [9.17, 15) is 14.4 Å². The molecule has 0 unspecified atom stereocenters.